The quantitative estimate of drug-likeness (QED) is 0.105. The van der Waals surface area contributed by atoms with Crippen molar-refractivity contribution in [2.75, 3.05) is 17.7 Å². The Morgan fingerprint density at radius 2 is 1.17 bits per heavy atom. The number of imidazole rings is 2. The number of phenols is 1. The first kappa shape index (κ1) is 35.8. The number of aryl methyl sites for hydroxylation is 4. The van der Waals surface area contributed by atoms with Gasteiger partial charge in [-0.05, 0) is 64.1 Å². The number of rotatable bonds is 13. The largest absolute Gasteiger partial charge is 0.506 e. The zero-order chi connectivity index (χ0) is 38.1. The fourth-order valence-corrected chi connectivity index (χ4v) is 6.05. The van der Waals surface area contributed by atoms with Crippen molar-refractivity contribution in [3.8, 4) is 11.5 Å². The fraction of sp³-hybridized carbons (Fsp3) is 0.257. The molecule has 0 fully saturated rings. The summed E-state index contributed by atoms with van der Waals surface area (Å²) < 4.78 is 11.8. The van der Waals surface area contributed by atoms with Gasteiger partial charge in [0, 0.05) is 26.2 Å². The van der Waals surface area contributed by atoms with Gasteiger partial charge in [0.05, 0.1) is 40.7 Å². The summed E-state index contributed by atoms with van der Waals surface area (Å²) in [5, 5.41) is 44.5. The number of nitrogens with zero attached hydrogens (tertiary/aromatic N) is 8. The summed E-state index contributed by atoms with van der Waals surface area (Å²) in [7, 11) is 1.39. The Morgan fingerprint density at radius 3 is 1.62 bits per heavy atom. The number of phenolic OH excluding ortho intramolecular Hbond substituents is 1. The maximum absolute atomic E-state index is 13.5. The Labute approximate surface area is 300 Å². The molecule has 0 bridgehead atoms. The molecule has 0 spiro atoms. The van der Waals surface area contributed by atoms with E-state index in [1.165, 1.54) is 34.6 Å². The van der Waals surface area contributed by atoms with E-state index in [1.54, 1.807) is 47.4 Å². The molecule has 0 radical (unpaired) electrons. The lowest BCUT2D eigenvalue weighted by Crippen LogP contribution is -2.20. The number of carboxylic acids is 2. The van der Waals surface area contributed by atoms with Crippen molar-refractivity contribution in [3.05, 3.63) is 82.5 Å². The van der Waals surface area contributed by atoms with Crippen LogP contribution in [-0.4, -0.2) is 84.8 Å². The third kappa shape index (κ3) is 6.88. The number of hydrogen-bond donors (Lipinski definition) is 5. The predicted molar refractivity (Wildman–Crippen MR) is 192 cm³/mol. The summed E-state index contributed by atoms with van der Waals surface area (Å²) in [5.41, 5.74) is 2.64. The van der Waals surface area contributed by atoms with Gasteiger partial charge in [-0.15, -0.1) is 0 Å². The number of nitrogens with one attached hydrogen (secondary N) is 2. The molecular weight excluding hydrogens is 688 g/mol. The highest BCUT2D eigenvalue weighted by atomic mass is 16.5. The van der Waals surface area contributed by atoms with Crippen molar-refractivity contribution in [2.45, 2.75) is 53.9 Å². The summed E-state index contributed by atoms with van der Waals surface area (Å²) in [5.74, 6) is -3.43. The van der Waals surface area contributed by atoms with Gasteiger partial charge in [0.25, 0.3) is 11.8 Å². The lowest BCUT2D eigenvalue weighted by atomic mass is 10.2. The number of carbonyl (C=O) groups excluding carboxylic acids is 2. The highest BCUT2D eigenvalue weighted by Gasteiger charge is 2.23. The third-order valence-corrected chi connectivity index (χ3v) is 8.40. The Bertz CT molecular complexity index is 2470. The maximum atomic E-state index is 13.5. The number of methoxy groups -OCH3 is 1. The molecule has 0 aliphatic rings. The SMILES string of the molecule is CCn1nc(C)cc1C(=O)Nc1nc2cc(C(=O)O)cc(O)c2n1C/C=C/Cn1c(NC(=O)c2cc(C)nn2CC)nc2cc(C(=O)O)cc(OC)c21. The number of allylic oxidation sites excluding steroid dienone is 2. The molecule has 5 N–H and O–H groups in total. The molecule has 18 heteroatoms. The smallest absolute Gasteiger partial charge is 0.335 e. The molecule has 274 valence electrons. The van der Waals surface area contributed by atoms with Crippen LogP contribution in [-0.2, 0) is 26.2 Å². The second kappa shape index (κ2) is 14.3. The van der Waals surface area contributed by atoms with E-state index < -0.39 is 23.8 Å². The van der Waals surface area contributed by atoms with E-state index in [9.17, 15) is 34.5 Å². The van der Waals surface area contributed by atoms with Crippen molar-refractivity contribution < 1.29 is 39.2 Å². The lowest BCUT2D eigenvalue weighted by Gasteiger charge is -2.12. The molecule has 4 heterocycles. The Balaban J connectivity index is 1.38. The van der Waals surface area contributed by atoms with E-state index in [2.05, 4.69) is 30.8 Å². The van der Waals surface area contributed by atoms with Crippen LogP contribution in [0.4, 0.5) is 11.9 Å². The van der Waals surface area contributed by atoms with E-state index >= 15 is 0 Å². The van der Waals surface area contributed by atoms with Gasteiger partial charge in [-0.1, -0.05) is 12.2 Å². The summed E-state index contributed by atoms with van der Waals surface area (Å²) in [4.78, 5) is 59.5. The number of aromatic hydroxyl groups is 1. The summed E-state index contributed by atoms with van der Waals surface area (Å²) >= 11 is 0. The van der Waals surface area contributed by atoms with E-state index in [4.69, 9.17) is 4.74 Å². The van der Waals surface area contributed by atoms with Crippen LogP contribution < -0.4 is 15.4 Å². The summed E-state index contributed by atoms with van der Waals surface area (Å²) in [6.07, 6.45) is 3.45. The molecule has 0 atom stereocenters. The second-order valence-electron chi connectivity index (χ2n) is 12.0. The first-order valence-corrected chi connectivity index (χ1v) is 16.5. The molecule has 2 aromatic carbocycles. The minimum absolute atomic E-state index is 0.0423. The predicted octanol–water partition coefficient (Wildman–Crippen LogP) is 4.31. The number of carbonyl (C=O) groups is 4. The third-order valence-electron chi connectivity index (χ3n) is 8.40. The molecule has 2 amide bonds. The van der Waals surface area contributed by atoms with Crippen LogP contribution in [0.2, 0.25) is 0 Å². The molecule has 6 aromatic rings. The highest BCUT2D eigenvalue weighted by Crippen LogP contribution is 2.32. The second-order valence-corrected chi connectivity index (χ2v) is 12.0. The van der Waals surface area contributed by atoms with Crippen molar-refractivity contribution in [3.63, 3.8) is 0 Å². The van der Waals surface area contributed by atoms with E-state index in [1.807, 2.05) is 13.8 Å². The van der Waals surface area contributed by atoms with Crippen molar-refractivity contribution in [1.82, 2.24) is 38.7 Å². The van der Waals surface area contributed by atoms with Gasteiger partial charge in [0.1, 0.15) is 33.9 Å². The van der Waals surface area contributed by atoms with Crippen molar-refractivity contribution in [1.29, 1.82) is 0 Å². The average Bonchev–Trinajstić information content (AvgIpc) is 3.88. The standard InChI is InChI=1S/C35H36N10O8/c1-6-44-24(12-18(3)40-44)30(47)38-34-36-22-14-20(32(49)50)16-26(46)28(22)42(34)10-8-9-11-43-29-23(15-21(33(51)52)17-27(29)53-5)37-35(43)39-31(48)25-13-19(4)41-45(25)7-2/h8-9,12-17,46H,6-7,10-11H2,1-5H3,(H,49,50)(H,51,52)(H,36,38,47)(H,37,39,48)/b9-8+. The first-order valence-electron chi connectivity index (χ1n) is 16.5. The first-order chi connectivity index (χ1) is 25.3. The van der Waals surface area contributed by atoms with Crippen LogP contribution in [0.1, 0.15) is 66.9 Å². The van der Waals surface area contributed by atoms with E-state index in [0.29, 0.717) is 35.7 Å². The molecule has 6 rings (SSSR count). The van der Waals surface area contributed by atoms with Crippen molar-refractivity contribution >= 4 is 57.7 Å². The highest BCUT2D eigenvalue weighted by molar-refractivity contribution is 6.05. The fourth-order valence-electron chi connectivity index (χ4n) is 6.05. The lowest BCUT2D eigenvalue weighted by molar-refractivity contribution is 0.0686. The Hall–Kier alpha value is -6.98. The average molecular weight is 725 g/mol. The van der Waals surface area contributed by atoms with Crippen LogP contribution >= 0.6 is 0 Å². The molecule has 18 nitrogen and oxygen atoms in total. The van der Waals surface area contributed by atoms with Gasteiger partial charge in [-0.2, -0.15) is 10.2 Å². The van der Waals surface area contributed by atoms with Crippen LogP contribution in [0.5, 0.6) is 11.5 Å². The van der Waals surface area contributed by atoms with E-state index in [0.717, 1.165) is 6.07 Å². The molecule has 0 unspecified atom stereocenters. The molecule has 0 aliphatic heterocycles. The summed E-state index contributed by atoms with van der Waals surface area (Å²) in [6.45, 7) is 8.26. The minimum Gasteiger partial charge on any atom is -0.506 e. The number of aromatic carboxylic acids is 2. The molecular formula is C35H36N10O8. The molecule has 4 aromatic heterocycles. The van der Waals surface area contributed by atoms with Crippen LogP contribution in [0.25, 0.3) is 22.1 Å². The summed E-state index contributed by atoms with van der Waals surface area (Å²) in [6, 6.07) is 8.41. The number of carboxylic acid groups (broad SMARTS) is 2. The van der Waals surface area contributed by atoms with Gasteiger partial charge >= 0.3 is 11.9 Å². The Morgan fingerprint density at radius 1 is 0.717 bits per heavy atom. The zero-order valence-corrected chi connectivity index (χ0v) is 29.4. The number of hydrogen-bond acceptors (Lipinski definition) is 10. The molecule has 0 saturated heterocycles. The molecule has 53 heavy (non-hydrogen) atoms. The van der Waals surface area contributed by atoms with Crippen LogP contribution in [0.15, 0.2) is 48.6 Å². The van der Waals surface area contributed by atoms with Gasteiger partial charge in [-0.3, -0.25) is 29.6 Å². The van der Waals surface area contributed by atoms with Crippen LogP contribution in [0, 0.1) is 13.8 Å². The molecule has 0 saturated carbocycles. The molecule has 0 aliphatic carbocycles. The van der Waals surface area contributed by atoms with Crippen LogP contribution in [0.3, 0.4) is 0 Å². The Kier molecular flexibility index (Phi) is 9.69. The van der Waals surface area contributed by atoms with Gasteiger partial charge in [-0.25, -0.2) is 19.6 Å². The number of aromatic nitrogens is 8. The maximum Gasteiger partial charge on any atom is 0.335 e. The normalized spacial score (nSPS) is 11.5. The van der Waals surface area contributed by atoms with E-state index in [-0.39, 0.29) is 69.9 Å². The number of ether oxygens (including phenoxy) is 1. The zero-order valence-electron chi connectivity index (χ0n) is 29.4. The van der Waals surface area contributed by atoms with Gasteiger partial charge < -0.3 is 29.2 Å². The number of fused-ring (bicyclic) bond motifs is 2. The number of benzene rings is 2. The number of anilines is 2. The van der Waals surface area contributed by atoms with Crippen molar-refractivity contribution in [2.24, 2.45) is 0 Å². The monoisotopic (exact) mass is 724 g/mol. The van der Waals surface area contributed by atoms with Gasteiger partial charge in [0.2, 0.25) is 11.9 Å². The minimum atomic E-state index is -1.26. The van der Waals surface area contributed by atoms with Gasteiger partial charge in [0.15, 0.2) is 0 Å². The number of amides is 2. The topological polar surface area (TPSA) is 234 Å².